The van der Waals surface area contributed by atoms with Gasteiger partial charge in [0.25, 0.3) is 0 Å². The predicted octanol–water partition coefficient (Wildman–Crippen LogP) is 3.34. The van der Waals surface area contributed by atoms with Gasteiger partial charge in [-0.1, -0.05) is 36.4 Å². The second kappa shape index (κ2) is 11.5. The van der Waals surface area contributed by atoms with Crippen molar-refractivity contribution in [3.05, 3.63) is 60.2 Å². The van der Waals surface area contributed by atoms with Crippen LogP contribution < -0.4 is 20.3 Å². The summed E-state index contributed by atoms with van der Waals surface area (Å²) in [7, 11) is 3.80. The topological polar surface area (TPSA) is 56.8 Å². The van der Waals surface area contributed by atoms with Crippen LogP contribution in [0.3, 0.4) is 0 Å². The molecule has 30 heavy (non-hydrogen) atoms. The molecule has 1 fully saturated rings. The van der Waals surface area contributed by atoms with Crippen molar-refractivity contribution < 1.29 is 9.53 Å². The van der Waals surface area contributed by atoms with Gasteiger partial charge in [0.1, 0.15) is 5.75 Å². The van der Waals surface area contributed by atoms with Crippen LogP contribution in [0.25, 0.3) is 0 Å². The van der Waals surface area contributed by atoms with Crippen molar-refractivity contribution in [3.8, 4) is 5.75 Å². The zero-order valence-electron chi connectivity index (χ0n) is 18.1. The monoisotopic (exact) mass is 410 g/mol. The van der Waals surface area contributed by atoms with Gasteiger partial charge >= 0.3 is 6.03 Å². The van der Waals surface area contributed by atoms with Crippen molar-refractivity contribution in [3.63, 3.8) is 0 Å². The van der Waals surface area contributed by atoms with Crippen molar-refractivity contribution in [2.24, 2.45) is 5.92 Å². The van der Waals surface area contributed by atoms with Crippen molar-refractivity contribution in [2.45, 2.75) is 19.4 Å². The Kier molecular flexibility index (Phi) is 8.39. The van der Waals surface area contributed by atoms with E-state index in [9.17, 15) is 4.79 Å². The number of urea groups is 1. The van der Waals surface area contributed by atoms with Gasteiger partial charge in [-0.2, -0.15) is 0 Å². The molecule has 2 amide bonds. The number of carbonyl (C=O) groups is 1. The summed E-state index contributed by atoms with van der Waals surface area (Å²) in [6.07, 6.45) is 2.02. The largest absolute Gasteiger partial charge is 0.497 e. The zero-order valence-corrected chi connectivity index (χ0v) is 18.1. The first-order valence-electron chi connectivity index (χ1n) is 10.8. The standard InChI is InChI=1S/C24H34N4O2/c1-27(18-20-8-4-3-5-9-20)14-7-13-25-24(29)26-17-21-12-15-28(19-21)22-10-6-11-23(16-22)30-2/h3-6,8-11,16,21H,7,12-15,17-19H2,1-2H3,(H2,25,26,29). The van der Waals surface area contributed by atoms with Gasteiger partial charge in [-0.05, 0) is 50.0 Å². The Morgan fingerprint density at radius 3 is 2.80 bits per heavy atom. The number of anilines is 1. The van der Waals surface area contributed by atoms with Crippen molar-refractivity contribution in [2.75, 3.05) is 51.8 Å². The number of hydrogen-bond donors (Lipinski definition) is 2. The van der Waals surface area contributed by atoms with E-state index in [-0.39, 0.29) is 6.03 Å². The minimum absolute atomic E-state index is 0.0689. The Morgan fingerprint density at radius 1 is 1.17 bits per heavy atom. The molecule has 1 heterocycles. The first kappa shape index (κ1) is 22.0. The zero-order chi connectivity index (χ0) is 21.2. The number of hydrogen-bond acceptors (Lipinski definition) is 4. The molecule has 2 aromatic rings. The summed E-state index contributed by atoms with van der Waals surface area (Å²) in [5.41, 5.74) is 2.49. The number of rotatable bonds is 10. The molecule has 0 bridgehead atoms. The number of ether oxygens (including phenoxy) is 1. The van der Waals surface area contributed by atoms with Crippen LogP contribution in [0.2, 0.25) is 0 Å². The second-order valence-corrected chi connectivity index (χ2v) is 8.02. The van der Waals surface area contributed by atoms with E-state index >= 15 is 0 Å². The lowest BCUT2D eigenvalue weighted by Crippen LogP contribution is -2.39. The van der Waals surface area contributed by atoms with E-state index in [1.54, 1.807) is 7.11 Å². The molecule has 2 N–H and O–H groups in total. The smallest absolute Gasteiger partial charge is 0.314 e. The Balaban J connectivity index is 1.28. The Hall–Kier alpha value is -2.73. The van der Waals surface area contributed by atoms with Crippen molar-refractivity contribution in [1.29, 1.82) is 0 Å². The molecule has 0 aliphatic carbocycles. The summed E-state index contributed by atoms with van der Waals surface area (Å²) < 4.78 is 5.32. The number of nitrogens with one attached hydrogen (secondary N) is 2. The first-order chi connectivity index (χ1) is 14.6. The normalized spacial score (nSPS) is 16.0. The van der Waals surface area contributed by atoms with Gasteiger partial charge in [0.2, 0.25) is 0 Å². The summed E-state index contributed by atoms with van der Waals surface area (Å²) in [4.78, 5) is 16.7. The number of amides is 2. The number of carbonyl (C=O) groups excluding carboxylic acids is 1. The predicted molar refractivity (Wildman–Crippen MR) is 122 cm³/mol. The van der Waals surface area contributed by atoms with Gasteiger partial charge in [0.05, 0.1) is 7.11 Å². The first-order valence-corrected chi connectivity index (χ1v) is 10.8. The maximum absolute atomic E-state index is 12.1. The third-order valence-corrected chi connectivity index (χ3v) is 5.55. The molecular formula is C24H34N4O2. The average Bonchev–Trinajstić information content (AvgIpc) is 3.25. The lowest BCUT2D eigenvalue weighted by molar-refractivity contribution is 0.238. The van der Waals surface area contributed by atoms with Crippen LogP contribution in [0.15, 0.2) is 54.6 Å². The maximum Gasteiger partial charge on any atom is 0.314 e. The third kappa shape index (κ3) is 6.95. The summed E-state index contributed by atoms with van der Waals surface area (Å²) in [5.74, 6) is 1.35. The fourth-order valence-corrected chi connectivity index (χ4v) is 3.87. The average molecular weight is 411 g/mol. The van der Waals surface area contributed by atoms with Crippen LogP contribution in [0.5, 0.6) is 5.75 Å². The highest BCUT2D eigenvalue weighted by molar-refractivity contribution is 5.73. The van der Waals surface area contributed by atoms with Gasteiger partial charge in [-0.3, -0.25) is 0 Å². The molecule has 0 radical (unpaired) electrons. The highest BCUT2D eigenvalue weighted by Gasteiger charge is 2.23. The Bertz CT molecular complexity index is 784. The number of methoxy groups -OCH3 is 1. The maximum atomic E-state index is 12.1. The molecule has 1 saturated heterocycles. The molecule has 2 aromatic carbocycles. The third-order valence-electron chi connectivity index (χ3n) is 5.55. The highest BCUT2D eigenvalue weighted by atomic mass is 16.5. The van der Waals surface area contributed by atoms with Gasteiger partial charge < -0.3 is 25.2 Å². The van der Waals surface area contributed by atoms with E-state index in [4.69, 9.17) is 4.74 Å². The molecular weight excluding hydrogens is 376 g/mol. The summed E-state index contributed by atoms with van der Waals surface area (Å²) in [6.45, 7) is 5.24. The highest BCUT2D eigenvalue weighted by Crippen LogP contribution is 2.26. The Labute approximate surface area is 180 Å². The van der Waals surface area contributed by atoms with Crippen LogP contribution in [0.4, 0.5) is 10.5 Å². The lowest BCUT2D eigenvalue weighted by atomic mass is 10.1. The molecule has 0 aromatic heterocycles. The van der Waals surface area contributed by atoms with Crippen LogP contribution in [-0.2, 0) is 6.54 Å². The molecule has 6 heteroatoms. The SMILES string of the molecule is COc1cccc(N2CCC(CNC(=O)NCCCN(C)Cc3ccccc3)C2)c1. The lowest BCUT2D eigenvalue weighted by Gasteiger charge is -2.19. The van der Waals surface area contributed by atoms with E-state index in [0.29, 0.717) is 19.0 Å². The summed E-state index contributed by atoms with van der Waals surface area (Å²) in [6, 6.07) is 18.5. The molecule has 1 aliphatic heterocycles. The van der Waals surface area contributed by atoms with Gasteiger partial charge in [-0.25, -0.2) is 4.79 Å². The quantitative estimate of drug-likeness (QED) is 0.590. The van der Waals surface area contributed by atoms with Gasteiger partial charge in [-0.15, -0.1) is 0 Å². The van der Waals surface area contributed by atoms with E-state index in [1.807, 2.05) is 18.2 Å². The molecule has 1 unspecified atom stereocenters. The van der Waals surface area contributed by atoms with Crippen LogP contribution in [-0.4, -0.2) is 57.8 Å². The van der Waals surface area contributed by atoms with E-state index in [2.05, 4.69) is 63.9 Å². The molecule has 3 rings (SSSR count). The number of nitrogens with zero attached hydrogens (tertiary/aromatic N) is 2. The molecule has 0 spiro atoms. The van der Waals surface area contributed by atoms with E-state index < -0.39 is 0 Å². The van der Waals surface area contributed by atoms with Crippen LogP contribution >= 0.6 is 0 Å². The van der Waals surface area contributed by atoms with Gasteiger partial charge in [0, 0.05) is 44.5 Å². The fourth-order valence-electron chi connectivity index (χ4n) is 3.87. The summed E-state index contributed by atoms with van der Waals surface area (Å²) in [5, 5.41) is 6.01. The van der Waals surface area contributed by atoms with Crippen molar-refractivity contribution in [1.82, 2.24) is 15.5 Å². The Morgan fingerprint density at radius 2 is 2.00 bits per heavy atom. The fraction of sp³-hybridized carbons (Fsp3) is 0.458. The molecule has 1 atom stereocenters. The molecule has 6 nitrogen and oxygen atoms in total. The van der Waals surface area contributed by atoms with E-state index in [0.717, 1.165) is 44.8 Å². The van der Waals surface area contributed by atoms with E-state index in [1.165, 1.54) is 11.3 Å². The van der Waals surface area contributed by atoms with Crippen LogP contribution in [0.1, 0.15) is 18.4 Å². The number of benzene rings is 2. The second-order valence-electron chi connectivity index (χ2n) is 8.02. The molecule has 162 valence electrons. The minimum atomic E-state index is -0.0689. The van der Waals surface area contributed by atoms with Gasteiger partial charge in [0.15, 0.2) is 0 Å². The van der Waals surface area contributed by atoms with Crippen molar-refractivity contribution >= 4 is 11.7 Å². The minimum Gasteiger partial charge on any atom is -0.497 e. The summed E-state index contributed by atoms with van der Waals surface area (Å²) >= 11 is 0. The van der Waals surface area contributed by atoms with Crippen LogP contribution in [0, 0.1) is 5.92 Å². The molecule has 0 saturated carbocycles. The molecule has 1 aliphatic rings.